The molecule has 2 aliphatic heterocycles. The van der Waals surface area contributed by atoms with E-state index in [0.29, 0.717) is 31.3 Å². The van der Waals surface area contributed by atoms with Gasteiger partial charge < -0.3 is 9.88 Å². The van der Waals surface area contributed by atoms with Gasteiger partial charge in [0, 0.05) is 19.5 Å². The maximum atomic E-state index is 13.5. The Balaban J connectivity index is 2.06. The Hall–Kier alpha value is -1.11. The zero-order chi connectivity index (χ0) is 13.7. The molecule has 0 saturated carbocycles. The lowest BCUT2D eigenvalue weighted by atomic mass is 9.84. The van der Waals surface area contributed by atoms with Crippen LogP contribution in [0.4, 0.5) is 13.2 Å². The van der Waals surface area contributed by atoms with Crippen LogP contribution >= 0.6 is 0 Å². The van der Waals surface area contributed by atoms with Crippen molar-refractivity contribution in [3.05, 3.63) is 11.6 Å². The van der Waals surface area contributed by atoms with Crippen molar-refractivity contribution in [3.8, 4) is 0 Å². The number of aromatic nitrogens is 3. The van der Waals surface area contributed by atoms with Crippen LogP contribution in [-0.4, -0.2) is 34.0 Å². The highest BCUT2D eigenvalue weighted by Gasteiger charge is 2.60. The van der Waals surface area contributed by atoms with Gasteiger partial charge in [-0.2, -0.15) is 13.2 Å². The molecule has 4 nitrogen and oxygen atoms in total. The lowest BCUT2D eigenvalue weighted by Gasteiger charge is -2.31. The fourth-order valence-corrected chi connectivity index (χ4v) is 3.09. The second-order valence-corrected chi connectivity index (χ2v) is 5.70. The van der Waals surface area contributed by atoms with Crippen LogP contribution in [0.3, 0.4) is 0 Å². The average Bonchev–Trinajstić information content (AvgIpc) is 2.92. The van der Waals surface area contributed by atoms with Gasteiger partial charge in [0.25, 0.3) is 0 Å². The van der Waals surface area contributed by atoms with Gasteiger partial charge in [-0.1, -0.05) is 6.92 Å². The molecular weight excluding hydrogens is 257 g/mol. The lowest BCUT2D eigenvalue weighted by Crippen LogP contribution is -2.46. The number of alkyl halides is 3. The summed E-state index contributed by atoms with van der Waals surface area (Å²) in [5.41, 5.74) is -1.86. The normalized spacial score (nSPS) is 31.5. The van der Waals surface area contributed by atoms with Crippen LogP contribution in [0.15, 0.2) is 0 Å². The van der Waals surface area contributed by atoms with Crippen LogP contribution in [0.2, 0.25) is 0 Å². The van der Waals surface area contributed by atoms with Gasteiger partial charge in [0.15, 0.2) is 0 Å². The van der Waals surface area contributed by atoms with Crippen molar-refractivity contribution in [1.82, 2.24) is 20.1 Å². The molecule has 0 spiro atoms. The monoisotopic (exact) mass is 274 g/mol. The minimum atomic E-state index is -4.29. The van der Waals surface area contributed by atoms with E-state index in [2.05, 4.69) is 22.4 Å². The first-order chi connectivity index (χ1) is 8.94. The number of hydrogen-bond acceptors (Lipinski definition) is 3. The van der Waals surface area contributed by atoms with E-state index in [1.54, 1.807) is 4.57 Å². The third-order valence-electron chi connectivity index (χ3n) is 4.33. The fourth-order valence-electron chi connectivity index (χ4n) is 3.09. The Morgan fingerprint density at radius 1 is 1.37 bits per heavy atom. The summed E-state index contributed by atoms with van der Waals surface area (Å²) >= 11 is 0. The number of nitrogens with zero attached hydrogens (tertiary/aromatic N) is 3. The van der Waals surface area contributed by atoms with E-state index in [1.165, 1.54) is 0 Å². The van der Waals surface area contributed by atoms with E-state index < -0.39 is 11.6 Å². The van der Waals surface area contributed by atoms with Crippen molar-refractivity contribution in [1.29, 1.82) is 0 Å². The van der Waals surface area contributed by atoms with Crippen molar-refractivity contribution in [2.24, 2.45) is 5.92 Å². The summed E-state index contributed by atoms with van der Waals surface area (Å²) in [5, 5.41) is 10.7. The predicted octanol–water partition coefficient (Wildman–Crippen LogP) is 1.65. The minimum absolute atomic E-state index is 0.0458. The van der Waals surface area contributed by atoms with E-state index in [4.69, 9.17) is 0 Å². The van der Waals surface area contributed by atoms with Gasteiger partial charge in [-0.3, -0.25) is 0 Å². The van der Waals surface area contributed by atoms with Crippen molar-refractivity contribution >= 4 is 0 Å². The summed E-state index contributed by atoms with van der Waals surface area (Å²) in [7, 11) is 0. The zero-order valence-electron chi connectivity index (χ0n) is 10.8. The van der Waals surface area contributed by atoms with Crippen LogP contribution in [0.25, 0.3) is 0 Å². The van der Waals surface area contributed by atoms with Gasteiger partial charge in [0.05, 0.1) is 0 Å². The van der Waals surface area contributed by atoms with E-state index in [9.17, 15) is 13.2 Å². The van der Waals surface area contributed by atoms with Crippen LogP contribution < -0.4 is 5.32 Å². The smallest absolute Gasteiger partial charge is 0.315 e. The van der Waals surface area contributed by atoms with Crippen molar-refractivity contribution < 1.29 is 13.2 Å². The summed E-state index contributed by atoms with van der Waals surface area (Å²) < 4.78 is 42.2. The lowest BCUT2D eigenvalue weighted by molar-refractivity contribution is -0.188. The Morgan fingerprint density at radius 3 is 2.79 bits per heavy atom. The summed E-state index contributed by atoms with van der Waals surface area (Å²) in [6, 6.07) is 0. The summed E-state index contributed by atoms with van der Waals surface area (Å²) in [6.45, 7) is 2.97. The Labute approximate surface area is 109 Å². The largest absolute Gasteiger partial charge is 0.402 e. The van der Waals surface area contributed by atoms with Gasteiger partial charge in [-0.25, -0.2) is 0 Å². The highest BCUT2D eigenvalue weighted by atomic mass is 19.4. The zero-order valence-corrected chi connectivity index (χ0v) is 10.8. The molecule has 7 heteroatoms. The van der Waals surface area contributed by atoms with Gasteiger partial charge in [-0.15, -0.1) is 10.2 Å². The SMILES string of the molecule is CC1CCn2c(nnc2C2(C(F)(F)F)CCNC2)C1. The second kappa shape index (κ2) is 4.19. The molecule has 106 valence electrons. The molecule has 0 amide bonds. The van der Waals surface area contributed by atoms with Crippen LogP contribution in [0.5, 0.6) is 0 Å². The molecule has 0 radical (unpaired) electrons. The summed E-state index contributed by atoms with van der Waals surface area (Å²) in [5.74, 6) is 1.27. The topological polar surface area (TPSA) is 42.7 Å². The first kappa shape index (κ1) is 12.9. The number of hydrogen-bond donors (Lipinski definition) is 1. The minimum Gasteiger partial charge on any atom is -0.315 e. The first-order valence-corrected chi connectivity index (χ1v) is 6.64. The van der Waals surface area contributed by atoms with Crippen molar-refractivity contribution in [2.75, 3.05) is 13.1 Å². The average molecular weight is 274 g/mol. The molecular formula is C12H17F3N4. The highest BCUT2D eigenvalue weighted by molar-refractivity contribution is 5.19. The molecule has 1 aromatic heterocycles. The number of rotatable bonds is 1. The Kier molecular flexibility index (Phi) is 2.85. The highest BCUT2D eigenvalue weighted by Crippen LogP contribution is 2.45. The third kappa shape index (κ3) is 1.86. The molecule has 1 saturated heterocycles. The molecule has 1 fully saturated rings. The molecule has 3 heterocycles. The fraction of sp³-hybridized carbons (Fsp3) is 0.833. The van der Waals surface area contributed by atoms with Crippen LogP contribution in [-0.2, 0) is 18.4 Å². The van der Waals surface area contributed by atoms with Gasteiger partial charge in [0.1, 0.15) is 17.1 Å². The first-order valence-electron chi connectivity index (χ1n) is 6.64. The van der Waals surface area contributed by atoms with Crippen molar-refractivity contribution in [3.63, 3.8) is 0 Å². The van der Waals surface area contributed by atoms with E-state index in [1.807, 2.05) is 0 Å². The standard InChI is InChI=1S/C12H17F3N4/c1-8-2-5-19-9(6-8)17-18-10(19)11(12(13,14)15)3-4-16-7-11/h8,16H,2-7H2,1H3. The van der Waals surface area contributed by atoms with Gasteiger partial charge in [-0.05, 0) is 25.3 Å². The van der Waals surface area contributed by atoms with Gasteiger partial charge >= 0.3 is 6.18 Å². The van der Waals surface area contributed by atoms with Gasteiger partial charge in [0.2, 0.25) is 0 Å². The summed E-state index contributed by atoms with van der Waals surface area (Å²) in [6.07, 6.45) is -2.64. The van der Waals surface area contributed by atoms with E-state index in [0.717, 1.165) is 6.42 Å². The number of fused-ring (bicyclic) bond motifs is 1. The molecule has 0 bridgehead atoms. The molecule has 0 aromatic carbocycles. The molecule has 19 heavy (non-hydrogen) atoms. The number of halogens is 3. The van der Waals surface area contributed by atoms with E-state index in [-0.39, 0.29) is 18.8 Å². The molecule has 0 aliphatic carbocycles. The predicted molar refractivity (Wildman–Crippen MR) is 62.7 cm³/mol. The second-order valence-electron chi connectivity index (χ2n) is 5.70. The Bertz CT molecular complexity index is 474. The Morgan fingerprint density at radius 2 is 2.16 bits per heavy atom. The van der Waals surface area contributed by atoms with E-state index >= 15 is 0 Å². The quantitative estimate of drug-likeness (QED) is 0.847. The molecule has 1 N–H and O–H groups in total. The summed E-state index contributed by atoms with van der Waals surface area (Å²) in [4.78, 5) is 0. The number of nitrogens with one attached hydrogen (secondary N) is 1. The van der Waals surface area contributed by atoms with Crippen molar-refractivity contribution in [2.45, 2.75) is 44.3 Å². The molecule has 1 aromatic rings. The molecule has 2 atom stereocenters. The van der Waals surface area contributed by atoms with Crippen LogP contribution in [0.1, 0.15) is 31.4 Å². The third-order valence-corrected chi connectivity index (χ3v) is 4.33. The maximum Gasteiger partial charge on any atom is 0.402 e. The molecule has 2 unspecified atom stereocenters. The molecule has 2 aliphatic rings. The van der Waals surface area contributed by atoms with Crippen LogP contribution in [0, 0.1) is 5.92 Å². The molecule has 3 rings (SSSR count). The maximum absolute atomic E-state index is 13.5.